The molecule has 0 amide bonds. The lowest BCUT2D eigenvalue weighted by Gasteiger charge is -2.40. The van der Waals surface area contributed by atoms with Crippen LogP contribution in [0.3, 0.4) is 0 Å². The second-order valence-corrected chi connectivity index (χ2v) is 5.60. The van der Waals surface area contributed by atoms with E-state index < -0.39 is 11.4 Å². The van der Waals surface area contributed by atoms with Crippen molar-refractivity contribution in [2.24, 2.45) is 0 Å². The first-order valence-electron chi connectivity index (χ1n) is 7.39. The molecule has 0 aromatic heterocycles. The monoisotopic (exact) mass is 278 g/mol. The van der Waals surface area contributed by atoms with Gasteiger partial charge in [-0.2, -0.15) is 0 Å². The molecule has 1 heterocycles. The number of hydrogen-bond acceptors (Lipinski definition) is 4. The molecule has 1 saturated heterocycles. The van der Waals surface area contributed by atoms with Crippen LogP contribution < -0.4 is 4.74 Å². The average molecular weight is 278 g/mol. The van der Waals surface area contributed by atoms with Gasteiger partial charge < -0.3 is 19.3 Å². The van der Waals surface area contributed by atoms with Gasteiger partial charge in [-0.05, 0) is 37.5 Å². The molecule has 1 aromatic rings. The third kappa shape index (κ3) is 2.55. The minimum absolute atomic E-state index is 0.433. The van der Waals surface area contributed by atoms with E-state index in [9.17, 15) is 5.11 Å². The number of rotatable bonds is 3. The molecule has 2 fully saturated rings. The molecular formula is C16H22O4. The van der Waals surface area contributed by atoms with Gasteiger partial charge in [0.1, 0.15) is 5.75 Å². The fourth-order valence-corrected chi connectivity index (χ4v) is 3.15. The molecule has 3 rings (SSSR count). The Labute approximate surface area is 119 Å². The quantitative estimate of drug-likeness (QED) is 0.923. The summed E-state index contributed by atoms with van der Waals surface area (Å²) in [5.41, 5.74) is 0.180. The fourth-order valence-electron chi connectivity index (χ4n) is 3.15. The highest BCUT2D eigenvalue weighted by atomic mass is 16.7. The Morgan fingerprint density at radius 1 is 1.05 bits per heavy atom. The van der Waals surface area contributed by atoms with Crippen molar-refractivity contribution in [3.63, 3.8) is 0 Å². The third-order valence-electron chi connectivity index (χ3n) is 4.36. The lowest BCUT2D eigenvalue weighted by atomic mass is 9.77. The van der Waals surface area contributed by atoms with Gasteiger partial charge in [0.2, 0.25) is 0 Å². The van der Waals surface area contributed by atoms with Crippen LogP contribution in [-0.4, -0.2) is 30.7 Å². The maximum absolute atomic E-state index is 10.9. The van der Waals surface area contributed by atoms with Crippen LogP contribution >= 0.6 is 0 Å². The molecule has 20 heavy (non-hydrogen) atoms. The summed E-state index contributed by atoms with van der Waals surface area (Å²) in [6.45, 7) is 3.95. The average Bonchev–Trinajstić information content (AvgIpc) is 2.93. The Morgan fingerprint density at radius 2 is 1.65 bits per heavy atom. The van der Waals surface area contributed by atoms with Crippen LogP contribution in [0.25, 0.3) is 0 Å². The zero-order chi connectivity index (χ0) is 14.1. The van der Waals surface area contributed by atoms with Gasteiger partial charge in [-0.25, -0.2) is 0 Å². The molecule has 2 aliphatic rings. The van der Waals surface area contributed by atoms with Crippen LogP contribution in [0.5, 0.6) is 5.75 Å². The Kier molecular flexibility index (Phi) is 3.71. The molecule has 1 saturated carbocycles. The van der Waals surface area contributed by atoms with Gasteiger partial charge in [-0.1, -0.05) is 12.1 Å². The van der Waals surface area contributed by atoms with Crippen molar-refractivity contribution in [1.82, 2.24) is 0 Å². The van der Waals surface area contributed by atoms with Crippen molar-refractivity contribution in [3.05, 3.63) is 29.8 Å². The van der Waals surface area contributed by atoms with E-state index in [4.69, 9.17) is 14.2 Å². The molecule has 4 heteroatoms. The molecule has 0 bridgehead atoms. The highest BCUT2D eigenvalue weighted by molar-refractivity contribution is 5.31. The number of aliphatic hydroxyl groups is 1. The van der Waals surface area contributed by atoms with Crippen LogP contribution in [0, 0.1) is 0 Å². The molecule has 1 aliphatic heterocycles. The first kappa shape index (κ1) is 13.9. The lowest BCUT2D eigenvalue weighted by Crippen LogP contribution is -2.42. The molecule has 1 N–H and O–H groups in total. The van der Waals surface area contributed by atoms with Gasteiger partial charge >= 0.3 is 0 Å². The van der Waals surface area contributed by atoms with Gasteiger partial charge in [0.15, 0.2) is 5.79 Å². The van der Waals surface area contributed by atoms with E-state index in [1.165, 1.54) is 0 Å². The molecule has 0 radical (unpaired) electrons. The minimum atomic E-state index is -0.773. The van der Waals surface area contributed by atoms with Crippen molar-refractivity contribution in [2.75, 3.05) is 19.8 Å². The molecular weight excluding hydrogens is 256 g/mol. The minimum Gasteiger partial charge on any atom is -0.494 e. The van der Waals surface area contributed by atoms with E-state index in [1.54, 1.807) is 0 Å². The van der Waals surface area contributed by atoms with Crippen molar-refractivity contribution < 1.29 is 19.3 Å². The Hall–Kier alpha value is -1.10. The van der Waals surface area contributed by atoms with Crippen LogP contribution in [0.2, 0.25) is 0 Å². The smallest absolute Gasteiger partial charge is 0.168 e. The van der Waals surface area contributed by atoms with Gasteiger partial charge in [-0.3, -0.25) is 0 Å². The molecule has 1 spiro atoms. The predicted molar refractivity (Wildman–Crippen MR) is 74.6 cm³/mol. The fraction of sp³-hybridized carbons (Fsp3) is 0.625. The summed E-state index contributed by atoms with van der Waals surface area (Å²) in [6, 6.07) is 7.76. The normalized spacial score (nSPS) is 23.9. The van der Waals surface area contributed by atoms with Gasteiger partial charge in [0.25, 0.3) is 0 Å². The van der Waals surface area contributed by atoms with Crippen molar-refractivity contribution in [2.45, 2.75) is 44.0 Å². The maximum Gasteiger partial charge on any atom is 0.168 e. The zero-order valence-corrected chi connectivity index (χ0v) is 11.9. The summed E-state index contributed by atoms with van der Waals surface area (Å²) in [4.78, 5) is 0. The summed E-state index contributed by atoms with van der Waals surface area (Å²) in [5, 5.41) is 10.9. The Balaban J connectivity index is 1.70. The summed E-state index contributed by atoms with van der Waals surface area (Å²) in [7, 11) is 0. The standard InChI is InChI=1S/C16H22O4/c1-2-18-14-5-3-13(4-6-14)15(17)7-9-16(10-8-15)19-11-12-20-16/h3-6,17H,2,7-12H2,1H3. The number of benzene rings is 1. The Morgan fingerprint density at radius 3 is 2.20 bits per heavy atom. The van der Waals surface area contributed by atoms with Crippen molar-refractivity contribution in [3.8, 4) is 5.75 Å². The first-order chi connectivity index (χ1) is 9.66. The van der Waals surface area contributed by atoms with Gasteiger partial charge in [-0.15, -0.1) is 0 Å². The van der Waals surface area contributed by atoms with Gasteiger partial charge in [0, 0.05) is 12.8 Å². The second kappa shape index (κ2) is 5.35. The van der Waals surface area contributed by atoms with E-state index >= 15 is 0 Å². The molecule has 110 valence electrons. The zero-order valence-electron chi connectivity index (χ0n) is 11.9. The SMILES string of the molecule is CCOc1ccc(C2(O)CCC3(CC2)OCCO3)cc1. The van der Waals surface area contributed by atoms with E-state index in [2.05, 4.69) is 0 Å². The maximum atomic E-state index is 10.9. The molecule has 4 nitrogen and oxygen atoms in total. The van der Waals surface area contributed by atoms with Gasteiger partial charge in [0.05, 0.1) is 25.4 Å². The molecule has 0 atom stereocenters. The summed E-state index contributed by atoms with van der Waals surface area (Å²) in [5.74, 6) is 0.409. The van der Waals surface area contributed by atoms with Crippen LogP contribution in [-0.2, 0) is 15.1 Å². The van der Waals surface area contributed by atoms with Crippen molar-refractivity contribution in [1.29, 1.82) is 0 Å². The second-order valence-electron chi connectivity index (χ2n) is 5.60. The summed E-state index contributed by atoms with van der Waals surface area (Å²) < 4.78 is 16.9. The third-order valence-corrected chi connectivity index (χ3v) is 4.36. The lowest BCUT2D eigenvalue weighted by molar-refractivity contribution is -0.204. The van der Waals surface area contributed by atoms with Crippen molar-refractivity contribution >= 4 is 0 Å². The highest BCUT2D eigenvalue weighted by Gasteiger charge is 2.46. The topological polar surface area (TPSA) is 47.9 Å². The molecule has 0 unspecified atom stereocenters. The summed E-state index contributed by atoms with van der Waals surface area (Å²) in [6.07, 6.45) is 2.83. The van der Waals surface area contributed by atoms with E-state index in [1.807, 2.05) is 31.2 Å². The highest BCUT2D eigenvalue weighted by Crippen LogP contribution is 2.44. The van der Waals surface area contributed by atoms with E-state index in [-0.39, 0.29) is 0 Å². The molecule has 1 aliphatic carbocycles. The van der Waals surface area contributed by atoms with E-state index in [0.717, 1.165) is 24.2 Å². The Bertz CT molecular complexity index is 438. The van der Waals surface area contributed by atoms with Crippen LogP contribution in [0.1, 0.15) is 38.2 Å². The van der Waals surface area contributed by atoms with Crippen LogP contribution in [0.15, 0.2) is 24.3 Å². The predicted octanol–water partition coefficient (Wildman–Crippen LogP) is 2.59. The summed E-state index contributed by atoms with van der Waals surface area (Å²) >= 11 is 0. The van der Waals surface area contributed by atoms with Crippen LogP contribution in [0.4, 0.5) is 0 Å². The number of hydrogen-bond donors (Lipinski definition) is 1. The first-order valence-corrected chi connectivity index (χ1v) is 7.39. The largest absolute Gasteiger partial charge is 0.494 e. The number of ether oxygens (including phenoxy) is 3. The molecule has 1 aromatic carbocycles. The van der Waals surface area contributed by atoms with E-state index in [0.29, 0.717) is 32.7 Å².